The zero-order valence-corrected chi connectivity index (χ0v) is 10.6. The normalized spacial score (nSPS) is 12.6. The number of nitrogens with zero attached hydrogens (tertiary/aromatic N) is 1. The summed E-state index contributed by atoms with van der Waals surface area (Å²) >= 11 is 3.38. The van der Waals surface area contributed by atoms with E-state index in [1.165, 1.54) is 12.0 Å². The fourth-order valence-corrected chi connectivity index (χ4v) is 1.31. The van der Waals surface area contributed by atoms with Crippen molar-refractivity contribution >= 4 is 21.6 Å². The van der Waals surface area contributed by atoms with E-state index in [1.807, 2.05) is 13.1 Å². The van der Waals surface area contributed by atoms with Gasteiger partial charge in [0.15, 0.2) is 0 Å². The van der Waals surface area contributed by atoms with Crippen molar-refractivity contribution in [3.8, 4) is 0 Å². The molecule has 1 atom stereocenters. The first-order valence-electron chi connectivity index (χ1n) is 4.99. The number of hydrogen-bond acceptors (Lipinski definition) is 2. The van der Waals surface area contributed by atoms with E-state index in [0.717, 1.165) is 16.8 Å². The SMILES string of the molecule is CCC(C)CNc1cnc(Br)c(C)c1. The van der Waals surface area contributed by atoms with E-state index in [9.17, 15) is 0 Å². The molecule has 0 fully saturated rings. The summed E-state index contributed by atoms with van der Waals surface area (Å²) in [7, 11) is 0. The van der Waals surface area contributed by atoms with Gasteiger partial charge in [-0.25, -0.2) is 4.98 Å². The molecule has 0 aliphatic heterocycles. The zero-order valence-electron chi connectivity index (χ0n) is 8.97. The molecule has 0 radical (unpaired) electrons. The van der Waals surface area contributed by atoms with E-state index in [1.54, 1.807) is 0 Å². The van der Waals surface area contributed by atoms with Gasteiger partial charge < -0.3 is 5.32 Å². The van der Waals surface area contributed by atoms with Gasteiger partial charge in [0.25, 0.3) is 0 Å². The van der Waals surface area contributed by atoms with Crippen molar-refractivity contribution < 1.29 is 0 Å². The van der Waals surface area contributed by atoms with Crippen molar-refractivity contribution in [2.24, 2.45) is 5.92 Å². The van der Waals surface area contributed by atoms with Crippen molar-refractivity contribution in [2.75, 3.05) is 11.9 Å². The molecule has 2 nitrogen and oxygen atoms in total. The van der Waals surface area contributed by atoms with Gasteiger partial charge in [-0.05, 0) is 40.4 Å². The molecule has 0 saturated carbocycles. The summed E-state index contributed by atoms with van der Waals surface area (Å²) in [5.74, 6) is 0.707. The van der Waals surface area contributed by atoms with Crippen molar-refractivity contribution in [1.82, 2.24) is 4.98 Å². The monoisotopic (exact) mass is 256 g/mol. The average Bonchev–Trinajstić information content (AvgIpc) is 2.19. The molecular formula is C11H17BrN2. The Morgan fingerprint density at radius 1 is 1.57 bits per heavy atom. The maximum atomic E-state index is 4.24. The van der Waals surface area contributed by atoms with Crippen LogP contribution in [0, 0.1) is 12.8 Å². The number of aryl methyl sites for hydroxylation is 1. The molecule has 1 aromatic rings. The van der Waals surface area contributed by atoms with Crippen LogP contribution in [-0.2, 0) is 0 Å². The van der Waals surface area contributed by atoms with Gasteiger partial charge in [-0.3, -0.25) is 0 Å². The topological polar surface area (TPSA) is 24.9 Å². The lowest BCUT2D eigenvalue weighted by atomic mass is 10.1. The number of hydrogen-bond donors (Lipinski definition) is 1. The van der Waals surface area contributed by atoms with Crippen LogP contribution >= 0.6 is 15.9 Å². The highest BCUT2D eigenvalue weighted by atomic mass is 79.9. The maximum absolute atomic E-state index is 4.24. The quantitative estimate of drug-likeness (QED) is 0.833. The zero-order chi connectivity index (χ0) is 10.6. The predicted octanol–water partition coefficient (Wildman–Crippen LogP) is 3.61. The highest BCUT2D eigenvalue weighted by Crippen LogP contribution is 2.17. The molecule has 1 N–H and O–H groups in total. The van der Waals surface area contributed by atoms with Crippen molar-refractivity contribution in [2.45, 2.75) is 27.2 Å². The molecule has 1 aromatic heterocycles. The number of aromatic nitrogens is 1. The van der Waals surface area contributed by atoms with Gasteiger partial charge in [-0.1, -0.05) is 20.3 Å². The smallest absolute Gasteiger partial charge is 0.109 e. The Morgan fingerprint density at radius 3 is 2.86 bits per heavy atom. The minimum atomic E-state index is 0.707. The van der Waals surface area contributed by atoms with Crippen LogP contribution in [0.1, 0.15) is 25.8 Å². The van der Waals surface area contributed by atoms with Crippen LogP contribution in [-0.4, -0.2) is 11.5 Å². The lowest BCUT2D eigenvalue weighted by Crippen LogP contribution is -2.10. The molecule has 1 unspecified atom stereocenters. The minimum absolute atomic E-state index is 0.707. The fraction of sp³-hybridized carbons (Fsp3) is 0.545. The molecule has 0 aliphatic carbocycles. The van der Waals surface area contributed by atoms with Crippen LogP contribution in [0.15, 0.2) is 16.9 Å². The number of pyridine rings is 1. The van der Waals surface area contributed by atoms with Gasteiger partial charge in [0.2, 0.25) is 0 Å². The highest BCUT2D eigenvalue weighted by molar-refractivity contribution is 9.10. The number of nitrogens with one attached hydrogen (secondary N) is 1. The molecule has 1 heterocycles. The maximum Gasteiger partial charge on any atom is 0.109 e. The van der Waals surface area contributed by atoms with Crippen LogP contribution < -0.4 is 5.32 Å². The van der Waals surface area contributed by atoms with Gasteiger partial charge in [-0.15, -0.1) is 0 Å². The average molecular weight is 257 g/mol. The van der Waals surface area contributed by atoms with E-state index in [4.69, 9.17) is 0 Å². The minimum Gasteiger partial charge on any atom is -0.384 e. The molecule has 1 rings (SSSR count). The lowest BCUT2D eigenvalue weighted by Gasteiger charge is -2.11. The molecule has 14 heavy (non-hydrogen) atoms. The first-order valence-corrected chi connectivity index (χ1v) is 5.78. The van der Waals surface area contributed by atoms with Gasteiger partial charge in [0, 0.05) is 6.54 Å². The van der Waals surface area contributed by atoms with E-state index in [-0.39, 0.29) is 0 Å². The van der Waals surface area contributed by atoms with Gasteiger partial charge in [-0.2, -0.15) is 0 Å². The first-order chi connectivity index (χ1) is 6.63. The second-order valence-electron chi connectivity index (χ2n) is 3.73. The summed E-state index contributed by atoms with van der Waals surface area (Å²) in [5.41, 5.74) is 2.27. The summed E-state index contributed by atoms with van der Waals surface area (Å²) in [6.07, 6.45) is 3.06. The molecule has 3 heteroatoms. The van der Waals surface area contributed by atoms with E-state index in [0.29, 0.717) is 5.92 Å². The van der Waals surface area contributed by atoms with Crippen LogP contribution in [0.3, 0.4) is 0 Å². The third kappa shape index (κ3) is 3.29. The summed E-state index contributed by atoms with van der Waals surface area (Å²) < 4.78 is 0.923. The summed E-state index contributed by atoms with van der Waals surface area (Å²) in [6.45, 7) is 7.51. The molecule has 78 valence electrons. The van der Waals surface area contributed by atoms with Crippen molar-refractivity contribution in [1.29, 1.82) is 0 Å². The van der Waals surface area contributed by atoms with Crippen LogP contribution in [0.25, 0.3) is 0 Å². The summed E-state index contributed by atoms with van der Waals surface area (Å²) in [4.78, 5) is 4.24. The molecular weight excluding hydrogens is 240 g/mol. The third-order valence-electron chi connectivity index (χ3n) is 2.37. The molecule has 0 bridgehead atoms. The van der Waals surface area contributed by atoms with Gasteiger partial charge in [0.1, 0.15) is 4.60 Å². The number of halogens is 1. The Balaban J connectivity index is 2.55. The molecule has 0 aromatic carbocycles. The van der Waals surface area contributed by atoms with Crippen LogP contribution in [0.4, 0.5) is 5.69 Å². The Labute approximate surface area is 94.3 Å². The molecule has 0 amide bonds. The summed E-state index contributed by atoms with van der Waals surface area (Å²) in [6, 6.07) is 2.11. The number of anilines is 1. The molecule has 0 aliphatic rings. The second kappa shape index (κ2) is 5.35. The van der Waals surface area contributed by atoms with Crippen molar-refractivity contribution in [3.05, 3.63) is 22.4 Å². The van der Waals surface area contributed by atoms with Gasteiger partial charge >= 0.3 is 0 Å². The largest absolute Gasteiger partial charge is 0.384 e. The van der Waals surface area contributed by atoms with Crippen molar-refractivity contribution in [3.63, 3.8) is 0 Å². The molecule has 0 saturated heterocycles. The highest BCUT2D eigenvalue weighted by Gasteiger charge is 2.00. The Kier molecular flexibility index (Phi) is 4.39. The lowest BCUT2D eigenvalue weighted by molar-refractivity contribution is 0.593. The Morgan fingerprint density at radius 2 is 2.29 bits per heavy atom. The number of rotatable bonds is 4. The standard InChI is InChI=1S/C11H17BrN2/c1-4-8(2)6-13-10-5-9(3)11(12)14-7-10/h5,7-8,13H,4,6H2,1-3H3. The van der Waals surface area contributed by atoms with E-state index >= 15 is 0 Å². The van der Waals surface area contributed by atoms with E-state index < -0.39 is 0 Å². The van der Waals surface area contributed by atoms with E-state index in [2.05, 4.69) is 46.1 Å². The summed E-state index contributed by atoms with van der Waals surface area (Å²) in [5, 5.41) is 3.38. The Bertz CT molecular complexity index is 299. The first kappa shape index (κ1) is 11.5. The Hall–Kier alpha value is -0.570. The fourth-order valence-electron chi connectivity index (χ4n) is 1.09. The molecule has 0 spiro atoms. The predicted molar refractivity (Wildman–Crippen MR) is 64.6 cm³/mol. The van der Waals surface area contributed by atoms with Crippen LogP contribution in [0.2, 0.25) is 0 Å². The second-order valence-corrected chi connectivity index (χ2v) is 4.48. The third-order valence-corrected chi connectivity index (χ3v) is 3.20. The van der Waals surface area contributed by atoms with Crippen LogP contribution in [0.5, 0.6) is 0 Å². The van der Waals surface area contributed by atoms with Gasteiger partial charge in [0.05, 0.1) is 11.9 Å².